The van der Waals surface area contributed by atoms with E-state index < -0.39 is 6.17 Å². The van der Waals surface area contributed by atoms with Gasteiger partial charge in [-0.2, -0.15) is 0 Å². The molecule has 0 amide bonds. The Hall–Kier alpha value is -0.110. The van der Waals surface area contributed by atoms with Gasteiger partial charge in [-0.3, -0.25) is 0 Å². The number of hydrogen-bond donors (Lipinski definition) is 1. The summed E-state index contributed by atoms with van der Waals surface area (Å²) < 4.78 is 13.4. The molecule has 1 aliphatic heterocycles. The topological polar surface area (TPSA) is 12.0 Å². The van der Waals surface area contributed by atoms with Gasteiger partial charge in [0.15, 0.2) is 0 Å². The Kier molecular flexibility index (Phi) is 1.99. The van der Waals surface area contributed by atoms with Gasteiger partial charge < -0.3 is 5.32 Å². The van der Waals surface area contributed by atoms with Gasteiger partial charge in [-0.05, 0) is 25.3 Å². The summed E-state index contributed by atoms with van der Waals surface area (Å²) in [7, 11) is 0. The molecule has 0 bridgehead atoms. The Morgan fingerprint density at radius 3 is 2.18 bits per heavy atom. The van der Waals surface area contributed by atoms with Gasteiger partial charge in [0.2, 0.25) is 0 Å². The lowest BCUT2D eigenvalue weighted by atomic mass is 9.73. The minimum absolute atomic E-state index is 0.00289. The smallest absolute Gasteiger partial charge is 0.120 e. The molecule has 2 atom stereocenters. The molecule has 1 fully saturated rings. The average molecular weight is 159 g/mol. The van der Waals surface area contributed by atoms with Crippen molar-refractivity contribution >= 4 is 0 Å². The zero-order valence-corrected chi connectivity index (χ0v) is 7.87. The quantitative estimate of drug-likeness (QED) is 0.571. The van der Waals surface area contributed by atoms with Crippen LogP contribution in [0.2, 0.25) is 0 Å². The lowest BCUT2D eigenvalue weighted by Crippen LogP contribution is -2.53. The van der Waals surface area contributed by atoms with E-state index in [-0.39, 0.29) is 11.0 Å². The van der Waals surface area contributed by atoms with Crippen LogP contribution in [-0.4, -0.2) is 18.3 Å². The Balaban J connectivity index is 2.81. The van der Waals surface area contributed by atoms with Crippen LogP contribution in [0.4, 0.5) is 4.39 Å². The highest BCUT2D eigenvalue weighted by atomic mass is 19.1. The summed E-state index contributed by atoms with van der Waals surface area (Å²) in [4.78, 5) is 0. The number of alkyl halides is 1. The van der Waals surface area contributed by atoms with Gasteiger partial charge in [0.05, 0.1) is 5.54 Å². The van der Waals surface area contributed by atoms with Crippen LogP contribution in [0, 0.1) is 5.41 Å². The van der Waals surface area contributed by atoms with E-state index >= 15 is 0 Å². The van der Waals surface area contributed by atoms with Crippen molar-refractivity contribution in [2.45, 2.75) is 45.8 Å². The van der Waals surface area contributed by atoms with Gasteiger partial charge in [-0.15, -0.1) is 0 Å². The first-order valence-electron chi connectivity index (χ1n) is 4.27. The molecule has 0 saturated carbocycles. The maximum atomic E-state index is 13.4. The van der Waals surface area contributed by atoms with Crippen molar-refractivity contribution in [3.63, 3.8) is 0 Å². The first-order chi connectivity index (χ1) is 4.88. The van der Waals surface area contributed by atoms with E-state index in [1.54, 1.807) is 0 Å². The molecule has 2 unspecified atom stereocenters. The third-order valence-corrected chi connectivity index (χ3v) is 3.07. The predicted octanol–water partition coefficient (Wildman–Crippen LogP) is 2.12. The molecule has 1 rings (SSSR count). The molecule has 0 aliphatic carbocycles. The van der Waals surface area contributed by atoms with Gasteiger partial charge >= 0.3 is 0 Å². The molecule has 0 aromatic heterocycles. The van der Waals surface area contributed by atoms with Crippen LogP contribution in [0.25, 0.3) is 0 Å². The van der Waals surface area contributed by atoms with Crippen LogP contribution in [0.1, 0.15) is 34.1 Å². The summed E-state index contributed by atoms with van der Waals surface area (Å²) >= 11 is 0. The highest BCUT2D eigenvalue weighted by Gasteiger charge is 2.47. The SMILES string of the molecule is CC(C)(C)C1(C)NCCC1F. The van der Waals surface area contributed by atoms with Crippen molar-refractivity contribution in [3.05, 3.63) is 0 Å². The fourth-order valence-electron chi connectivity index (χ4n) is 1.59. The molecule has 0 aromatic rings. The zero-order chi connectivity index (χ0) is 8.70. The highest BCUT2D eigenvalue weighted by Crippen LogP contribution is 2.38. The van der Waals surface area contributed by atoms with Crippen LogP contribution in [0.5, 0.6) is 0 Å². The van der Waals surface area contributed by atoms with Gasteiger partial charge in [0.25, 0.3) is 0 Å². The van der Waals surface area contributed by atoms with Crippen LogP contribution in [0.15, 0.2) is 0 Å². The largest absolute Gasteiger partial charge is 0.308 e. The number of halogens is 1. The summed E-state index contributed by atoms with van der Waals surface area (Å²) in [6.07, 6.45) is -0.0316. The second kappa shape index (κ2) is 2.44. The van der Waals surface area contributed by atoms with Crippen LogP contribution < -0.4 is 5.32 Å². The molecule has 2 heteroatoms. The van der Waals surface area contributed by atoms with Crippen molar-refractivity contribution in [2.24, 2.45) is 5.41 Å². The van der Waals surface area contributed by atoms with E-state index in [1.165, 1.54) is 0 Å². The van der Waals surface area contributed by atoms with Crippen LogP contribution in [-0.2, 0) is 0 Å². The van der Waals surface area contributed by atoms with Crippen molar-refractivity contribution in [1.29, 1.82) is 0 Å². The Labute approximate surface area is 68.4 Å². The van der Waals surface area contributed by atoms with Crippen molar-refractivity contribution < 1.29 is 4.39 Å². The van der Waals surface area contributed by atoms with Crippen molar-refractivity contribution in [3.8, 4) is 0 Å². The molecule has 0 radical (unpaired) electrons. The van der Waals surface area contributed by atoms with E-state index in [4.69, 9.17) is 0 Å². The molecule has 1 heterocycles. The van der Waals surface area contributed by atoms with Gasteiger partial charge in [0.1, 0.15) is 6.17 Å². The lowest BCUT2D eigenvalue weighted by molar-refractivity contribution is 0.0964. The van der Waals surface area contributed by atoms with E-state index in [0.29, 0.717) is 6.42 Å². The first-order valence-corrected chi connectivity index (χ1v) is 4.27. The molecule has 0 aromatic carbocycles. The highest BCUT2D eigenvalue weighted by molar-refractivity contribution is 5.04. The van der Waals surface area contributed by atoms with E-state index in [0.717, 1.165) is 6.54 Å². The van der Waals surface area contributed by atoms with Gasteiger partial charge in [-0.25, -0.2) is 4.39 Å². The van der Waals surface area contributed by atoms with Crippen LogP contribution in [0.3, 0.4) is 0 Å². The number of hydrogen-bond acceptors (Lipinski definition) is 1. The summed E-state index contributed by atoms with van der Waals surface area (Å²) in [6, 6.07) is 0. The average Bonchev–Trinajstić information content (AvgIpc) is 2.12. The Bertz CT molecular complexity index is 150. The van der Waals surface area contributed by atoms with Crippen LogP contribution >= 0.6 is 0 Å². The van der Waals surface area contributed by atoms with Crippen molar-refractivity contribution in [2.75, 3.05) is 6.54 Å². The monoisotopic (exact) mass is 159 g/mol. The van der Waals surface area contributed by atoms with Crippen molar-refractivity contribution in [1.82, 2.24) is 5.32 Å². The second-order valence-electron chi connectivity index (χ2n) is 4.64. The number of rotatable bonds is 0. The third-order valence-electron chi connectivity index (χ3n) is 3.07. The lowest BCUT2D eigenvalue weighted by Gasteiger charge is -2.40. The number of nitrogens with one attached hydrogen (secondary N) is 1. The summed E-state index contributed by atoms with van der Waals surface area (Å²) in [5.41, 5.74) is -0.323. The normalized spacial score (nSPS) is 39.5. The summed E-state index contributed by atoms with van der Waals surface area (Å²) in [5, 5.41) is 3.25. The minimum Gasteiger partial charge on any atom is -0.308 e. The molecule has 11 heavy (non-hydrogen) atoms. The molecule has 1 aliphatic rings. The third kappa shape index (κ3) is 1.28. The second-order valence-corrected chi connectivity index (χ2v) is 4.64. The van der Waals surface area contributed by atoms with E-state index in [9.17, 15) is 4.39 Å². The summed E-state index contributed by atoms with van der Waals surface area (Å²) in [6.45, 7) is 9.04. The van der Waals surface area contributed by atoms with Gasteiger partial charge in [0, 0.05) is 0 Å². The summed E-state index contributed by atoms with van der Waals surface area (Å²) in [5.74, 6) is 0. The standard InChI is InChI=1S/C9H18FN/c1-8(2,3)9(4)7(10)5-6-11-9/h7,11H,5-6H2,1-4H3. The molecule has 1 saturated heterocycles. The zero-order valence-electron chi connectivity index (χ0n) is 7.87. The molecular formula is C9H18FN. The fraction of sp³-hybridized carbons (Fsp3) is 1.00. The van der Waals surface area contributed by atoms with Gasteiger partial charge in [-0.1, -0.05) is 20.8 Å². The Morgan fingerprint density at radius 1 is 1.45 bits per heavy atom. The molecule has 66 valence electrons. The van der Waals surface area contributed by atoms with E-state index in [2.05, 4.69) is 26.1 Å². The molecular weight excluding hydrogens is 141 g/mol. The Morgan fingerprint density at radius 2 is 2.00 bits per heavy atom. The maximum Gasteiger partial charge on any atom is 0.120 e. The van der Waals surface area contributed by atoms with E-state index in [1.807, 2.05) is 6.92 Å². The molecule has 0 spiro atoms. The molecule has 1 nitrogen and oxygen atoms in total. The maximum absolute atomic E-state index is 13.4. The minimum atomic E-state index is -0.692. The fourth-order valence-corrected chi connectivity index (χ4v) is 1.59. The predicted molar refractivity (Wildman–Crippen MR) is 45.4 cm³/mol. The first kappa shape index (κ1) is 8.98. The molecule has 1 N–H and O–H groups in total.